The predicted octanol–water partition coefficient (Wildman–Crippen LogP) is 4.11. The molecule has 2 atom stereocenters. The van der Waals surface area contributed by atoms with Crippen LogP contribution in [0.4, 0.5) is 5.69 Å². The molecule has 3 aliphatic rings. The van der Waals surface area contributed by atoms with Crippen molar-refractivity contribution in [3.05, 3.63) is 64.7 Å². The Hall–Kier alpha value is -2.04. The fourth-order valence-electron chi connectivity index (χ4n) is 5.47. The van der Waals surface area contributed by atoms with Crippen LogP contribution in [0.1, 0.15) is 43.2 Å². The quantitative estimate of drug-likeness (QED) is 0.820. The van der Waals surface area contributed by atoms with Crippen molar-refractivity contribution in [2.24, 2.45) is 0 Å². The van der Waals surface area contributed by atoms with Crippen molar-refractivity contribution in [1.82, 2.24) is 4.90 Å². The van der Waals surface area contributed by atoms with Gasteiger partial charge in [0.25, 0.3) is 5.91 Å². The SMILES string of the molecule is O=C1N(C2CCCCC2)CC2(Cc3ccccc3)c3cc(Cl)ccc3NC12O. The third-order valence-corrected chi connectivity index (χ3v) is 7.12. The lowest BCUT2D eigenvalue weighted by molar-refractivity contribution is -0.144. The van der Waals surface area contributed by atoms with Crippen LogP contribution in [-0.4, -0.2) is 34.2 Å². The molecule has 2 heterocycles. The van der Waals surface area contributed by atoms with Gasteiger partial charge in [0.05, 0.1) is 5.41 Å². The van der Waals surface area contributed by atoms with E-state index in [1.807, 2.05) is 35.2 Å². The maximum atomic E-state index is 13.5. The van der Waals surface area contributed by atoms with Crippen molar-refractivity contribution >= 4 is 23.2 Å². The minimum atomic E-state index is -1.63. The molecule has 2 N–H and O–H groups in total. The molecule has 5 heteroatoms. The number of hydrogen-bond acceptors (Lipinski definition) is 3. The van der Waals surface area contributed by atoms with Gasteiger partial charge >= 0.3 is 0 Å². The zero-order valence-corrected chi connectivity index (χ0v) is 16.6. The van der Waals surface area contributed by atoms with Crippen LogP contribution in [0.3, 0.4) is 0 Å². The number of aliphatic hydroxyl groups is 1. The fourth-order valence-corrected chi connectivity index (χ4v) is 5.64. The van der Waals surface area contributed by atoms with Crippen molar-refractivity contribution in [1.29, 1.82) is 0 Å². The summed E-state index contributed by atoms with van der Waals surface area (Å²) in [7, 11) is 0. The van der Waals surface area contributed by atoms with Crippen molar-refractivity contribution in [2.45, 2.75) is 55.7 Å². The number of halogens is 1. The molecule has 2 aromatic carbocycles. The number of anilines is 1. The molecule has 146 valence electrons. The summed E-state index contributed by atoms with van der Waals surface area (Å²) in [6.45, 7) is 0.516. The fraction of sp³-hybridized carbons (Fsp3) is 0.435. The molecule has 2 fully saturated rings. The van der Waals surface area contributed by atoms with Gasteiger partial charge in [0, 0.05) is 23.3 Å². The molecule has 0 aromatic heterocycles. The summed E-state index contributed by atoms with van der Waals surface area (Å²) in [5, 5.41) is 15.6. The number of likely N-dealkylation sites (tertiary alicyclic amines) is 1. The first-order chi connectivity index (χ1) is 13.5. The van der Waals surface area contributed by atoms with Crippen LogP contribution in [-0.2, 0) is 16.6 Å². The Morgan fingerprint density at radius 1 is 1.11 bits per heavy atom. The summed E-state index contributed by atoms with van der Waals surface area (Å²) in [5.41, 5.74) is 0.475. The smallest absolute Gasteiger partial charge is 0.277 e. The Morgan fingerprint density at radius 3 is 2.61 bits per heavy atom. The van der Waals surface area contributed by atoms with E-state index in [9.17, 15) is 9.90 Å². The van der Waals surface area contributed by atoms with E-state index in [0.717, 1.165) is 42.5 Å². The largest absolute Gasteiger partial charge is 0.362 e. The Balaban J connectivity index is 1.63. The number of nitrogens with zero attached hydrogens (tertiary/aromatic N) is 1. The van der Waals surface area contributed by atoms with Crippen LogP contribution in [0.5, 0.6) is 0 Å². The van der Waals surface area contributed by atoms with Gasteiger partial charge in [0.1, 0.15) is 0 Å². The van der Waals surface area contributed by atoms with E-state index >= 15 is 0 Å². The Kier molecular flexibility index (Phi) is 4.18. The highest BCUT2D eigenvalue weighted by Gasteiger charge is 2.68. The van der Waals surface area contributed by atoms with Gasteiger partial charge in [0.2, 0.25) is 5.72 Å². The van der Waals surface area contributed by atoms with E-state index in [-0.39, 0.29) is 11.9 Å². The summed E-state index contributed by atoms with van der Waals surface area (Å²) in [6.07, 6.45) is 6.15. The minimum absolute atomic E-state index is 0.192. The minimum Gasteiger partial charge on any atom is -0.362 e. The van der Waals surface area contributed by atoms with E-state index in [0.29, 0.717) is 18.0 Å². The maximum Gasteiger partial charge on any atom is 0.277 e. The Bertz CT molecular complexity index is 912. The standard InChI is InChI=1S/C23H25ClN2O2/c24-17-11-12-20-19(13-17)22(14-16-7-3-1-4-8-16)15-26(18-9-5-2-6-10-18)21(27)23(22,28)25-20/h1,3-4,7-8,11-13,18,25,28H,2,5-6,9-10,14-15H2. The molecule has 5 rings (SSSR count). The van der Waals surface area contributed by atoms with Gasteiger partial charge in [-0.25, -0.2) is 0 Å². The zero-order chi connectivity index (χ0) is 19.4. The first-order valence-corrected chi connectivity index (χ1v) is 10.6. The van der Waals surface area contributed by atoms with Gasteiger partial charge in [-0.05, 0) is 48.6 Å². The van der Waals surface area contributed by atoms with Crippen molar-refractivity contribution in [3.63, 3.8) is 0 Å². The van der Waals surface area contributed by atoms with Crippen LogP contribution in [0.15, 0.2) is 48.5 Å². The Labute approximate surface area is 170 Å². The number of benzene rings is 2. The molecule has 1 aliphatic carbocycles. The van der Waals surface area contributed by atoms with E-state index in [2.05, 4.69) is 17.4 Å². The summed E-state index contributed by atoms with van der Waals surface area (Å²) >= 11 is 6.34. The lowest BCUT2D eigenvalue weighted by Crippen LogP contribution is -2.55. The summed E-state index contributed by atoms with van der Waals surface area (Å²) in [6, 6.07) is 15.9. The number of nitrogens with one attached hydrogen (secondary N) is 1. The van der Waals surface area contributed by atoms with Crippen LogP contribution in [0.2, 0.25) is 5.02 Å². The molecule has 0 radical (unpaired) electrons. The molecule has 2 aliphatic heterocycles. The van der Waals surface area contributed by atoms with E-state index in [1.165, 1.54) is 6.42 Å². The number of rotatable bonds is 3. The highest BCUT2D eigenvalue weighted by molar-refractivity contribution is 6.30. The van der Waals surface area contributed by atoms with Crippen molar-refractivity contribution in [2.75, 3.05) is 11.9 Å². The summed E-state index contributed by atoms with van der Waals surface area (Å²) in [4.78, 5) is 15.5. The maximum absolute atomic E-state index is 13.5. The topological polar surface area (TPSA) is 52.6 Å². The molecule has 1 saturated heterocycles. The van der Waals surface area contributed by atoms with Crippen molar-refractivity contribution < 1.29 is 9.90 Å². The molecule has 1 saturated carbocycles. The number of fused-ring (bicyclic) bond motifs is 3. The summed E-state index contributed by atoms with van der Waals surface area (Å²) < 4.78 is 0. The third-order valence-electron chi connectivity index (χ3n) is 6.88. The molecular formula is C23H25ClN2O2. The normalized spacial score (nSPS) is 29.5. The molecule has 0 spiro atoms. The van der Waals surface area contributed by atoms with Crippen molar-refractivity contribution in [3.8, 4) is 0 Å². The van der Waals surface area contributed by atoms with Gasteiger partial charge < -0.3 is 15.3 Å². The lowest BCUT2D eigenvalue weighted by atomic mass is 9.72. The van der Waals surface area contributed by atoms with E-state index in [4.69, 9.17) is 11.6 Å². The van der Waals surface area contributed by atoms with Gasteiger partial charge in [0.15, 0.2) is 0 Å². The second kappa shape index (κ2) is 6.50. The van der Waals surface area contributed by atoms with Gasteiger partial charge in [-0.1, -0.05) is 61.2 Å². The van der Waals surface area contributed by atoms with Gasteiger partial charge in [-0.2, -0.15) is 0 Å². The lowest BCUT2D eigenvalue weighted by Gasteiger charge is -2.34. The molecule has 4 nitrogen and oxygen atoms in total. The van der Waals surface area contributed by atoms with E-state index < -0.39 is 11.1 Å². The van der Waals surface area contributed by atoms with Gasteiger partial charge in [-0.15, -0.1) is 0 Å². The van der Waals surface area contributed by atoms with Crippen LogP contribution < -0.4 is 5.32 Å². The molecule has 28 heavy (non-hydrogen) atoms. The third kappa shape index (κ3) is 2.51. The highest BCUT2D eigenvalue weighted by Crippen LogP contribution is 2.54. The average Bonchev–Trinajstić information content (AvgIpc) is 3.08. The average molecular weight is 397 g/mol. The highest BCUT2D eigenvalue weighted by atomic mass is 35.5. The number of carbonyl (C=O) groups excluding carboxylic acids is 1. The summed E-state index contributed by atoms with van der Waals surface area (Å²) in [5.74, 6) is -0.192. The monoisotopic (exact) mass is 396 g/mol. The Morgan fingerprint density at radius 2 is 1.86 bits per heavy atom. The van der Waals surface area contributed by atoms with Crippen LogP contribution in [0, 0.1) is 0 Å². The second-order valence-corrected chi connectivity index (χ2v) is 8.93. The molecule has 2 aromatic rings. The first-order valence-electron chi connectivity index (χ1n) is 10.2. The first kappa shape index (κ1) is 18.0. The predicted molar refractivity (Wildman–Crippen MR) is 110 cm³/mol. The van der Waals surface area contributed by atoms with Gasteiger partial charge in [-0.3, -0.25) is 4.79 Å². The number of hydrogen-bond donors (Lipinski definition) is 2. The molecule has 1 amide bonds. The zero-order valence-electron chi connectivity index (χ0n) is 15.8. The van der Waals surface area contributed by atoms with E-state index in [1.54, 1.807) is 6.07 Å². The molecule has 0 bridgehead atoms. The number of amides is 1. The molecular weight excluding hydrogens is 372 g/mol. The number of carbonyl (C=O) groups is 1. The van der Waals surface area contributed by atoms with Crippen LogP contribution >= 0.6 is 11.6 Å². The van der Waals surface area contributed by atoms with Crippen LogP contribution in [0.25, 0.3) is 0 Å². The second-order valence-electron chi connectivity index (χ2n) is 8.49. The molecule has 2 unspecified atom stereocenters.